The summed E-state index contributed by atoms with van der Waals surface area (Å²) >= 11 is 6.99. The third kappa shape index (κ3) is 4.70. The number of hydrogen-bond donors (Lipinski definition) is 1. The molecule has 0 radical (unpaired) electrons. The predicted molar refractivity (Wildman–Crippen MR) is 111 cm³/mol. The van der Waals surface area contributed by atoms with Crippen LogP contribution in [0.25, 0.3) is 10.9 Å². The van der Waals surface area contributed by atoms with Crippen LogP contribution in [0.4, 0.5) is 5.82 Å². The average molecular weight is 419 g/mol. The molecule has 0 spiro atoms. The Balaban J connectivity index is 1.84. The molecule has 28 heavy (non-hydrogen) atoms. The lowest BCUT2D eigenvalue weighted by atomic mass is 10.2. The predicted octanol–water partition coefficient (Wildman–Crippen LogP) is 3.38. The molecule has 146 valence electrons. The second-order valence-electron chi connectivity index (χ2n) is 6.09. The van der Waals surface area contributed by atoms with Crippen molar-refractivity contribution in [3.05, 3.63) is 58.0 Å². The van der Waals surface area contributed by atoms with Gasteiger partial charge in [0.15, 0.2) is 5.16 Å². The van der Waals surface area contributed by atoms with Crippen molar-refractivity contribution in [1.82, 2.24) is 14.5 Å². The zero-order chi connectivity index (χ0) is 20.1. The first-order valence-electron chi connectivity index (χ1n) is 8.54. The average Bonchev–Trinajstić information content (AvgIpc) is 2.68. The number of rotatable bonds is 7. The quantitative estimate of drug-likeness (QED) is 0.467. The number of anilines is 1. The van der Waals surface area contributed by atoms with Gasteiger partial charge in [0.25, 0.3) is 5.56 Å². The summed E-state index contributed by atoms with van der Waals surface area (Å²) in [6.07, 6.45) is 1.46. The number of hydrogen-bond acceptors (Lipinski definition) is 6. The van der Waals surface area contributed by atoms with Gasteiger partial charge in [-0.05, 0) is 31.2 Å². The molecular weight excluding hydrogens is 400 g/mol. The summed E-state index contributed by atoms with van der Waals surface area (Å²) in [6.45, 7) is 2.23. The Kier molecular flexibility index (Phi) is 6.66. The van der Waals surface area contributed by atoms with Crippen molar-refractivity contribution in [2.24, 2.45) is 0 Å². The highest BCUT2D eigenvalue weighted by atomic mass is 35.5. The van der Waals surface area contributed by atoms with Crippen LogP contribution in [0, 0.1) is 0 Å². The molecular formula is C19H19ClN4O3S. The molecule has 1 N–H and O–H groups in total. The van der Waals surface area contributed by atoms with E-state index in [9.17, 15) is 9.59 Å². The number of fused-ring (bicyclic) bond motifs is 1. The van der Waals surface area contributed by atoms with Crippen LogP contribution >= 0.6 is 23.4 Å². The largest absolute Gasteiger partial charge is 0.383 e. The third-order valence-corrected chi connectivity index (χ3v) is 5.13. The van der Waals surface area contributed by atoms with Gasteiger partial charge in [0.2, 0.25) is 5.91 Å². The van der Waals surface area contributed by atoms with E-state index in [1.807, 2.05) is 13.0 Å². The van der Waals surface area contributed by atoms with Gasteiger partial charge in [-0.15, -0.1) is 0 Å². The van der Waals surface area contributed by atoms with E-state index in [1.54, 1.807) is 42.0 Å². The van der Waals surface area contributed by atoms with Gasteiger partial charge >= 0.3 is 0 Å². The zero-order valence-electron chi connectivity index (χ0n) is 15.4. The molecule has 0 aliphatic carbocycles. The minimum absolute atomic E-state index is 0.0782. The van der Waals surface area contributed by atoms with Crippen LogP contribution in [-0.2, 0) is 9.53 Å². The third-order valence-electron chi connectivity index (χ3n) is 3.95. The molecule has 3 aromatic rings. The lowest BCUT2D eigenvalue weighted by Gasteiger charge is -2.18. The minimum atomic E-state index is -0.256. The number of pyridine rings is 1. The number of nitrogens with one attached hydrogen (secondary N) is 1. The van der Waals surface area contributed by atoms with Gasteiger partial charge in [-0.3, -0.25) is 14.2 Å². The molecule has 1 amide bonds. The summed E-state index contributed by atoms with van der Waals surface area (Å²) in [7, 11) is 1.58. The van der Waals surface area contributed by atoms with E-state index in [0.717, 1.165) is 0 Å². The van der Waals surface area contributed by atoms with Crippen LogP contribution in [0.2, 0.25) is 5.02 Å². The summed E-state index contributed by atoms with van der Waals surface area (Å²) in [6, 6.07) is 10.2. The first kappa shape index (κ1) is 20.3. The first-order chi connectivity index (χ1) is 13.5. The van der Waals surface area contributed by atoms with Crippen LogP contribution in [0.15, 0.2) is 52.5 Å². The number of carbonyl (C=O) groups is 1. The Morgan fingerprint density at radius 2 is 2.11 bits per heavy atom. The van der Waals surface area contributed by atoms with E-state index in [1.165, 1.54) is 18.0 Å². The molecule has 0 fully saturated rings. The van der Waals surface area contributed by atoms with Crippen molar-refractivity contribution in [1.29, 1.82) is 0 Å². The number of benzene rings is 1. The highest BCUT2D eigenvalue weighted by Gasteiger charge is 2.17. The van der Waals surface area contributed by atoms with Gasteiger partial charge in [0, 0.05) is 13.3 Å². The number of ether oxygens (including phenoxy) is 1. The number of halogens is 1. The number of methoxy groups -OCH3 is 1. The van der Waals surface area contributed by atoms with Crippen molar-refractivity contribution >= 4 is 46.0 Å². The number of carbonyl (C=O) groups excluding carboxylic acids is 1. The van der Waals surface area contributed by atoms with Crippen molar-refractivity contribution in [2.75, 3.05) is 24.8 Å². The minimum Gasteiger partial charge on any atom is -0.383 e. The Labute approximate surface area is 171 Å². The van der Waals surface area contributed by atoms with E-state index in [-0.39, 0.29) is 23.3 Å². The lowest BCUT2D eigenvalue weighted by Crippen LogP contribution is -2.29. The van der Waals surface area contributed by atoms with E-state index in [0.29, 0.717) is 33.5 Å². The molecule has 7 nitrogen and oxygen atoms in total. The van der Waals surface area contributed by atoms with Gasteiger partial charge in [-0.1, -0.05) is 35.5 Å². The smallest absolute Gasteiger partial charge is 0.262 e. The van der Waals surface area contributed by atoms with Crippen molar-refractivity contribution in [2.45, 2.75) is 18.1 Å². The molecule has 0 saturated carbocycles. The second kappa shape index (κ2) is 9.18. The van der Waals surface area contributed by atoms with E-state index < -0.39 is 0 Å². The first-order valence-corrected chi connectivity index (χ1v) is 9.90. The lowest BCUT2D eigenvalue weighted by molar-refractivity contribution is -0.113. The van der Waals surface area contributed by atoms with Crippen LogP contribution in [0.1, 0.15) is 13.0 Å². The van der Waals surface area contributed by atoms with Gasteiger partial charge in [-0.25, -0.2) is 9.97 Å². The second-order valence-corrected chi connectivity index (χ2v) is 7.47. The van der Waals surface area contributed by atoms with Gasteiger partial charge < -0.3 is 10.1 Å². The molecule has 9 heteroatoms. The maximum Gasteiger partial charge on any atom is 0.262 e. The maximum absolute atomic E-state index is 13.0. The highest BCUT2D eigenvalue weighted by molar-refractivity contribution is 7.99. The molecule has 1 aromatic carbocycles. The molecule has 2 aromatic heterocycles. The standard InChI is InChI=1S/C19H19ClN4O3S/c1-12(10-27-2)24-18(26)14-5-3-4-6-15(14)22-19(24)28-11-17(25)23-16-8-7-13(20)9-21-16/h3-9,12H,10-11H2,1-2H3,(H,21,23,25)/t12-/m1/s1. The fourth-order valence-corrected chi connectivity index (χ4v) is 3.70. The normalized spacial score (nSPS) is 12.1. The summed E-state index contributed by atoms with van der Waals surface area (Å²) in [4.78, 5) is 33.9. The number of para-hydroxylation sites is 1. The van der Waals surface area contributed by atoms with Gasteiger partial charge in [-0.2, -0.15) is 0 Å². The van der Waals surface area contributed by atoms with E-state index >= 15 is 0 Å². The topological polar surface area (TPSA) is 86.1 Å². The van der Waals surface area contributed by atoms with Crippen LogP contribution in [0.3, 0.4) is 0 Å². The maximum atomic E-state index is 13.0. The van der Waals surface area contributed by atoms with Crippen molar-refractivity contribution in [3.8, 4) is 0 Å². The Morgan fingerprint density at radius 3 is 2.82 bits per heavy atom. The fraction of sp³-hybridized carbons (Fsp3) is 0.263. The fourth-order valence-electron chi connectivity index (χ4n) is 2.69. The van der Waals surface area contributed by atoms with Crippen molar-refractivity contribution < 1.29 is 9.53 Å². The summed E-state index contributed by atoms with van der Waals surface area (Å²) in [5.74, 6) is 0.231. The zero-order valence-corrected chi connectivity index (χ0v) is 17.0. The summed E-state index contributed by atoms with van der Waals surface area (Å²) in [5.41, 5.74) is 0.438. The molecule has 0 aliphatic heterocycles. The molecule has 0 unspecified atom stereocenters. The molecule has 0 saturated heterocycles. The number of amides is 1. The van der Waals surface area contributed by atoms with Crippen LogP contribution in [0.5, 0.6) is 0 Å². The molecule has 0 bridgehead atoms. The Morgan fingerprint density at radius 1 is 1.32 bits per heavy atom. The van der Waals surface area contributed by atoms with E-state index in [2.05, 4.69) is 15.3 Å². The van der Waals surface area contributed by atoms with Gasteiger partial charge in [0.1, 0.15) is 5.82 Å². The van der Waals surface area contributed by atoms with E-state index in [4.69, 9.17) is 16.3 Å². The molecule has 0 aliphatic rings. The summed E-state index contributed by atoms with van der Waals surface area (Å²) < 4.78 is 6.77. The Bertz CT molecular complexity index is 1040. The van der Waals surface area contributed by atoms with Crippen LogP contribution < -0.4 is 10.9 Å². The highest BCUT2D eigenvalue weighted by Crippen LogP contribution is 2.21. The molecule has 1 atom stereocenters. The SMILES string of the molecule is COC[C@@H](C)n1c(SCC(=O)Nc2ccc(Cl)cn2)nc2ccccc2c1=O. The number of aromatic nitrogens is 3. The number of nitrogens with zero attached hydrogens (tertiary/aromatic N) is 3. The van der Waals surface area contributed by atoms with Gasteiger partial charge in [0.05, 0.1) is 34.3 Å². The van der Waals surface area contributed by atoms with Crippen molar-refractivity contribution in [3.63, 3.8) is 0 Å². The number of thioether (sulfide) groups is 1. The molecule has 3 rings (SSSR count). The Hall–Kier alpha value is -2.42. The summed E-state index contributed by atoms with van der Waals surface area (Å²) in [5, 5.41) is 4.18. The molecule has 2 heterocycles. The monoisotopic (exact) mass is 418 g/mol. The van der Waals surface area contributed by atoms with Crippen LogP contribution in [-0.4, -0.2) is 39.9 Å².